The molecule has 0 aromatic rings. The second-order valence-electron chi connectivity index (χ2n) is 4.92. The van der Waals surface area contributed by atoms with E-state index in [1.807, 2.05) is 0 Å². The summed E-state index contributed by atoms with van der Waals surface area (Å²) >= 11 is 0. The van der Waals surface area contributed by atoms with Crippen molar-refractivity contribution in [1.82, 2.24) is 0 Å². The van der Waals surface area contributed by atoms with Gasteiger partial charge in [-0.1, -0.05) is 19.1 Å². The smallest absolute Gasteiger partial charge is 0.0568 e. The molecule has 0 radical (unpaired) electrons. The zero-order valence-electron chi connectivity index (χ0n) is 8.50. The van der Waals surface area contributed by atoms with Crippen molar-refractivity contribution >= 4 is 0 Å². The van der Waals surface area contributed by atoms with Crippen molar-refractivity contribution in [2.24, 2.45) is 17.8 Å². The molecular formula is C12H20O. The van der Waals surface area contributed by atoms with Crippen molar-refractivity contribution in [2.45, 2.75) is 45.1 Å². The number of rotatable bonds is 0. The molecule has 0 spiro atoms. The van der Waals surface area contributed by atoms with E-state index in [-0.39, 0.29) is 6.10 Å². The summed E-state index contributed by atoms with van der Waals surface area (Å²) < 4.78 is 0. The average Bonchev–Trinajstić information content (AvgIpc) is 2.12. The summed E-state index contributed by atoms with van der Waals surface area (Å²) in [6.45, 7) is 6.30. The van der Waals surface area contributed by atoms with Gasteiger partial charge in [0.05, 0.1) is 6.10 Å². The summed E-state index contributed by atoms with van der Waals surface area (Å²) in [6, 6.07) is 0. The first kappa shape index (κ1) is 9.26. The van der Waals surface area contributed by atoms with Crippen LogP contribution < -0.4 is 0 Å². The Morgan fingerprint density at radius 3 is 2.85 bits per heavy atom. The standard InChI is InChI=1S/C12H20O/c1-8-3-5-11-9(2)12(13)6-4-10(11)7-8/h9-13H,1,3-7H2,2H3/t9?,10?,11?,12-/m1/s1. The predicted octanol–water partition coefficient (Wildman–Crippen LogP) is 2.75. The summed E-state index contributed by atoms with van der Waals surface area (Å²) in [5, 5.41) is 9.76. The van der Waals surface area contributed by atoms with Crippen LogP contribution in [0.2, 0.25) is 0 Å². The molecule has 0 heterocycles. The van der Waals surface area contributed by atoms with Gasteiger partial charge in [0.25, 0.3) is 0 Å². The lowest BCUT2D eigenvalue weighted by Crippen LogP contribution is -2.38. The molecule has 0 amide bonds. The Bertz CT molecular complexity index is 209. The van der Waals surface area contributed by atoms with Crippen LogP contribution in [0.15, 0.2) is 12.2 Å². The zero-order chi connectivity index (χ0) is 9.42. The maximum Gasteiger partial charge on any atom is 0.0568 e. The number of allylic oxidation sites excluding steroid dienone is 1. The third kappa shape index (κ3) is 1.67. The number of aliphatic hydroxyl groups is 1. The minimum absolute atomic E-state index is 0.0346. The fourth-order valence-electron chi connectivity index (χ4n) is 3.17. The van der Waals surface area contributed by atoms with Crippen LogP contribution >= 0.6 is 0 Å². The Hall–Kier alpha value is -0.300. The molecule has 0 aliphatic heterocycles. The Balaban J connectivity index is 2.06. The molecule has 74 valence electrons. The molecular weight excluding hydrogens is 160 g/mol. The highest BCUT2D eigenvalue weighted by atomic mass is 16.3. The molecule has 1 heteroatoms. The molecule has 4 atom stereocenters. The van der Waals surface area contributed by atoms with Gasteiger partial charge in [-0.3, -0.25) is 0 Å². The molecule has 13 heavy (non-hydrogen) atoms. The van der Waals surface area contributed by atoms with Gasteiger partial charge in [-0.05, 0) is 49.9 Å². The lowest BCUT2D eigenvalue weighted by molar-refractivity contribution is 0.00157. The normalized spacial score (nSPS) is 45.8. The lowest BCUT2D eigenvalue weighted by atomic mass is 9.64. The molecule has 1 nitrogen and oxygen atoms in total. The average molecular weight is 180 g/mol. The molecule has 0 aromatic carbocycles. The van der Waals surface area contributed by atoms with E-state index in [1.54, 1.807) is 0 Å². The van der Waals surface area contributed by atoms with Gasteiger partial charge in [0.15, 0.2) is 0 Å². The van der Waals surface area contributed by atoms with Crippen molar-refractivity contribution in [3.05, 3.63) is 12.2 Å². The zero-order valence-corrected chi connectivity index (χ0v) is 8.50. The van der Waals surface area contributed by atoms with Gasteiger partial charge < -0.3 is 5.11 Å². The van der Waals surface area contributed by atoms with Crippen molar-refractivity contribution in [2.75, 3.05) is 0 Å². The summed E-state index contributed by atoms with van der Waals surface area (Å²) in [5.74, 6) is 2.13. The van der Waals surface area contributed by atoms with Crippen LogP contribution in [0.25, 0.3) is 0 Å². The molecule has 0 saturated heterocycles. The van der Waals surface area contributed by atoms with Gasteiger partial charge >= 0.3 is 0 Å². The van der Waals surface area contributed by atoms with E-state index >= 15 is 0 Å². The van der Waals surface area contributed by atoms with E-state index < -0.39 is 0 Å². The minimum atomic E-state index is -0.0346. The van der Waals surface area contributed by atoms with Crippen LogP contribution in [0.3, 0.4) is 0 Å². The molecule has 2 rings (SSSR count). The Morgan fingerprint density at radius 1 is 1.31 bits per heavy atom. The highest BCUT2D eigenvalue weighted by Crippen LogP contribution is 2.44. The van der Waals surface area contributed by atoms with Gasteiger partial charge in [-0.25, -0.2) is 0 Å². The molecule has 2 saturated carbocycles. The van der Waals surface area contributed by atoms with Gasteiger partial charge in [0.1, 0.15) is 0 Å². The first-order valence-electron chi connectivity index (χ1n) is 5.53. The summed E-state index contributed by atoms with van der Waals surface area (Å²) in [7, 11) is 0. The number of aliphatic hydroxyl groups excluding tert-OH is 1. The number of hydrogen-bond acceptors (Lipinski definition) is 1. The third-order valence-corrected chi connectivity index (χ3v) is 4.10. The van der Waals surface area contributed by atoms with E-state index in [1.165, 1.54) is 31.3 Å². The number of fused-ring (bicyclic) bond motifs is 1. The first-order chi connectivity index (χ1) is 6.18. The maximum atomic E-state index is 9.76. The van der Waals surface area contributed by atoms with E-state index in [4.69, 9.17) is 0 Å². The van der Waals surface area contributed by atoms with E-state index in [2.05, 4.69) is 13.5 Å². The van der Waals surface area contributed by atoms with Crippen LogP contribution in [0.4, 0.5) is 0 Å². The second kappa shape index (κ2) is 3.45. The third-order valence-electron chi connectivity index (χ3n) is 4.10. The quantitative estimate of drug-likeness (QED) is 0.568. The van der Waals surface area contributed by atoms with E-state index in [0.717, 1.165) is 18.3 Å². The summed E-state index contributed by atoms with van der Waals surface area (Å²) in [4.78, 5) is 0. The predicted molar refractivity (Wildman–Crippen MR) is 54.4 cm³/mol. The molecule has 1 N–H and O–H groups in total. The largest absolute Gasteiger partial charge is 0.393 e. The summed E-state index contributed by atoms with van der Waals surface area (Å²) in [5.41, 5.74) is 1.44. The molecule has 0 bridgehead atoms. The highest BCUT2D eigenvalue weighted by molar-refractivity contribution is 5.04. The molecule has 2 aliphatic carbocycles. The van der Waals surface area contributed by atoms with E-state index in [9.17, 15) is 5.11 Å². The summed E-state index contributed by atoms with van der Waals surface area (Å²) in [6.07, 6.45) is 5.87. The highest BCUT2D eigenvalue weighted by Gasteiger charge is 2.37. The van der Waals surface area contributed by atoms with Crippen LogP contribution in [0, 0.1) is 17.8 Å². The topological polar surface area (TPSA) is 20.2 Å². The SMILES string of the molecule is C=C1CCC2C(CC[C@@H](O)C2C)C1. The van der Waals surface area contributed by atoms with Crippen molar-refractivity contribution in [1.29, 1.82) is 0 Å². The second-order valence-corrected chi connectivity index (χ2v) is 4.92. The van der Waals surface area contributed by atoms with Crippen molar-refractivity contribution in [3.8, 4) is 0 Å². The molecule has 2 fully saturated rings. The molecule has 2 aliphatic rings. The van der Waals surface area contributed by atoms with Crippen molar-refractivity contribution in [3.63, 3.8) is 0 Å². The van der Waals surface area contributed by atoms with E-state index in [0.29, 0.717) is 5.92 Å². The van der Waals surface area contributed by atoms with Gasteiger partial charge in [-0.2, -0.15) is 0 Å². The van der Waals surface area contributed by atoms with Crippen LogP contribution in [0.1, 0.15) is 39.0 Å². The van der Waals surface area contributed by atoms with Crippen molar-refractivity contribution < 1.29 is 5.11 Å². The Morgan fingerprint density at radius 2 is 2.08 bits per heavy atom. The monoisotopic (exact) mass is 180 g/mol. The minimum Gasteiger partial charge on any atom is -0.393 e. The molecule has 3 unspecified atom stereocenters. The fourth-order valence-corrected chi connectivity index (χ4v) is 3.17. The van der Waals surface area contributed by atoms with Crippen LogP contribution in [-0.4, -0.2) is 11.2 Å². The first-order valence-corrected chi connectivity index (χ1v) is 5.53. The fraction of sp³-hybridized carbons (Fsp3) is 0.833. The van der Waals surface area contributed by atoms with Gasteiger partial charge in [0.2, 0.25) is 0 Å². The van der Waals surface area contributed by atoms with Gasteiger partial charge in [-0.15, -0.1) is 0 Å². The van der Waals surface area contributed by atoms with Crippen LogP contribution in [0.5, 0.6) is 0 Å². The van der Waals surface area contributed by atoms with Gasteiger partial charge in [0, 0.05) is 0 Å². The Labute approximate surface area is 80.8 Å². The maximum absolute atomic E-state index is 9.76. The molecule has 0 aromatic heterocycles. The number of hydrogen-bond donors (Lipinski definition) is 1. The Kier molecular flexibility index (Phi) is 2.46. The van der Waals surface area contributed by atoms with Crippen LogP contribution in [-0.2, 0) is 0 Å². The lowest BCUT2D eigenvalue weighted by Gasteiger charge is -2.43.